The number of rotatable bonds is 3. The summed E-state index contributed by atoms with van der Waals surface area (Å²) in [6.07, 6.45) is 6.52. The van der Waals surface area contributed by atoms with Crippen LogP contribution in [0.25, 0.3) is 0 Å². The quantitative estimate of drug-likeness (QED) is 0.624. The van der Waals surface area contributed by atoms with Crippen molar-refractivity contribution in [2.75, 3.05) is 0 Å². The average Bonchev–Trinajstić information content (AvgIpc) is 2.18. The molecule has 1 aromatic rings. The Hall–Kier alpha value is -1.30. The molecule has 1 rings (SSSR count). The lowest BCUT2D eigenvalue weighted by molar-refractivity contribution is 0.966. The van der Waals surface area contributed by atoms with Crippen LogP contribution in [0.3, 0.4) is 0 Å². The third-order valence-electron chi connectivity index (χ3n) is 2.43. The van der Waals surface area contributed by atoms with E-state index in [1.54, 1.807) is 0 Å². The zero-order chi connectivity index (χ0) is 11.3. The van der Waals surface area contributed by atoms with Gasteiger partial charge in [-0.15, -0.1) is 0 Å². The van der Waals surface area contributed by atoms with Gasteiger partial charge in [-0.3, -0.25) is 0 Å². The second kappa shape index (κ2) is 5.55. The largest absolute Gasteiger partial charge is 0.0773 e. The first kappa shape index (κ1) is 11.8. The van der Waals surface area contributed by atoms with E-state index in [4.69, 9.17) is 0 Å². The second-order valence-corrected chi connectivity index (χ2v) is 4.33. The summed E-state index contributed by atoms with van der Waals surface area (Å²) in [5.74, 6) is 0.487. The summed E-state index contributed by atoms with van der Waals surface area (Å²) in [7, 11) is 0. The van der Waals surface area contributed by atoms with E-state index in [1.165, 1.54) is 16.7 Å². The lowest BCUT2D eigenvalue weighted by Gasteiger charge is -2.06. The first-order chi connectivity index (χ1) is 7.09. The summed E-state index contributed by atoms with van der Waals surface area (Å²) in [5.41, 5.74) is 4.03. The van der Waals surface area contributed by atoms with E-state index in [9.17, 15) is 0 Å². The van der Waals surface area contributed by atoms with Crippen molar-refractivity contribution in [2.45, 2.75) is 33.6 Å². The minimum Gasteiger partial charge on any atom is -0.0773 e. The van der Waals surface area contributed by atoms with E-state index in [0.717, 1.165) is 0 Å². The summed E-state index contributed by atoms with van der Waals surface area (Å²) in [6, 6.07) is 8.74. The molecular weight excluding hydrogens is 180 g/mol. The highest BCUT2D eigenvalue weighted by molar-refractivity contribution is 5.27. The first-order valence-electron chi connectivity index (χ1n) is 5.48. The van der Waals surface area contributed by atoms with Crippen LogP contribution >= 0.6 is 0 Å². The van der Waals surface area contributed by atoms with E-state index in [1.807, 2.05) is 0 Å². The van der Waals surface area contributed by atoms with Crippen molar-refractivity contribution in [3.8, 4) is 0 Å². The number of aryl methyl sites for hydroxylation is 1. The van der Waals surface area contributed by atoms with Crippen molar-refractivity contribution in [1.82, 2.24) is 0 Å². The van der Waals surface area contributed by atoms with Crippen LogP contribution in [0.15, 0.2) is 48.1 Å². The summed E-state index contributed by atoms with van der Waals surface area (Å²) < 4.78 is 0. The Morgan fingerprint density at radius 2 is 1.73 bits per heavy atom. The molecule has 0 bridgehead atoms. The molecule has 0 fully saturated rings. The third-order valence-corrected chi connectivity index (χ3v) is 2.43. The molecule has 1 atom stereocenters. The van der Waals surface area contributed by atoms with E-state index in [0.29, 0.717) is 5.92 Å². The average molecular weight is 200 g/mol. The predicted molar refractivity (Wildman–Crippen MR) is 68.2 cm³/mol. The van der Waals surface area contributed by atoms with Gasteiger partial charge in [0.15, 0.2) is 0 Å². The summed E-state index contributed by atoms with van der Waals surface area (Å²) in [6.45, 7) is 8.56. The lowest BCUT2D eigenvalue weighted by atomic mass is 9.99. The van der Waals surface area contributed by atoms with Gasteiger partial charge in [0.2, 0.25) is 0 Å². The van der Waals surface area contributed by atoms with Gasteiger partial charge in [0.05, 0.1) is 0 Å². The molecule has 1 aromatic carbocycles. The van der Waals surface area contributed by atoms with Gasteiger partial charge in [-0.1, -0.05) is 60.6 Å². The van der Waals surface area contributed by atoms with Gasteiger partial charge in [0.1, 0.15) is 0 Å². The number of hydrogen-bond acceptors (Lipinski definition) is 0. The molecular formula is C15H20. The smallest absolute Gasteiger partial charge is 0.000732 e. The summed E-state index contributed by atoms with van der Waals surface area (Å²) >= 11 is 0. The van der Waals surface area contributed by atoms with Gasteiger partial charge in [-0.2, -0.15) is 0 Å². The fraction of sp³-hybridized carbons (Fsp3) is 0.333. The first-order valence-corrected chi connectivity index (χ1v) is 5.48. The Kier molecular flexibility index (Phi) is 4.36. The maximum absolute atomic E-state index is 2.23. The van der Waals surface area contributed by atoms with Crippen LogP contribution in [-0.2, 0) is 0 Å². The monoisotopic (exact) mass is 200 g/mol. The zero-order valence-electron chi connectivity index (χ0n) is 10.1. The normalized spacial score (nSPS) is 12.8. The summed E-state index contributed by atoms with van der Waals surface area (Å²) in [5, 5.41) is 0. The molecule has 0 heterocycles. The molecule has 0 spiro atoms. The number of hydrogen-bond donors (Lipinski definition) is 0. The molecule has 0 saturated heterocycles. The SMILES string of the molecule is CC(C)=CC=CC(C)c1ccc(C)cc1. The molecule has 0 aromatic heterocycles. The summed E-state index contributed by atoms with van der Waals surface area (Å²) in [4.78, 5) is 0. The second-order valence-electron chi connectivity index (χ2n) is 4.33. The van der Waals surface area contributed by atoms with E-state index >= 15 is 0 Å². The standard InChI is InChI=1S/C15H20/c1-12(2)6-5-7-14(4)15-10-8-13(3)9-11-15/h5-11,14H,1-4H3. The Morgan fingerprint density at radius 1 is 1.13 bits per heavy atom. The van der Waals surface area contributed by atoms with Crippen LogP contribution in [0, 0.1) is 6.92 Å². The van der Waals surface area contributed by atoms with Gasteiger partial charge < -0.3 is 0 Å². The molecule has 0 amide bonds. The van der Waals surface area contributed by atoms with Crippen molar-refractivity contribution in [2.24, 2.45) is 0 Å². The Labute approximate surface area is 93.3 Å². The highest BCUT2D eigenvalue weighted by atomic mass is 14.0. The number of allylic oxidation sites excluding steroid dienone is 4. The third kappa shape index (κ3) is 4.16. The zero-order valence-corrected chi connectivity index (χ0v) is 10.1. The van der Waals surface area contributed by atoms with Crippen LogP contribution < -0.4 is 0 Å². The molecule has 0 heteroatoms. The van der Waals surface area contributed by atoms with Crippen LogP contribution in [0.2, 0.25) is 0 Å². The molecule has 1 unspecified atom stereocenters. The van der Waals surface area contributed by atoms with Crippen molar-refractivity contribution in [3.63, 3.8) is 0 Å². The minimum atomic E-state index is 0.487. The highest BCUT2D eigenvalue weighted by Gasteiger charge is 1.99. The Bertz CT molecular complexity index is 348. The Morgan fingerprint density at radius 3 is 2.27 bits per heavy atom. The van der Waals surface area contributed by atoms with Crippen LogP contribution in [0.4, 0.5) is 0 Å². The van der Waals surface area contributed by atoms with E-state index in [2.05, 4.69) is 70.2 Å². The maximum atomic E-state index is 2.23. The molecule has 80 valence electrons. The van der Waals surface area contributed by atoms with Gasteiger partial charge in [0.25, 0.3) is 0 Å². The van der Waals surface area contributed by atoms with E-state index in [-0.39, 0.29) is 0 Å². The highest BCUT2D eigenvalue weighted by Crippen LogP contribution is 2.17. The van der Waals surface area contributed by atoms with Crippen molar-refractivity contribution in [1.29, 1.82) is 0 Å². The molecule has 0 N–H and O–H groups in total. The van der Waals surface area contributed by atoms with Crippen LogP contribution in [0.5, 0.6) is 0 Å². The van der Waals surface area contributed by atoms with Crippen LogP contribution in [0.1, 0.15) is 37.8 Å². The Balaban J connectivity index is 2.69. The molecule has 15 heavy (non-hydrogen) atoms. The van der Waals surface area contributed by atoms with Crippen molar-refractivity contribution >= 4 is 0 Å². The lowest BCUT2D eigenvalue weighted by Crippen LogP contribution is -1.88. The van der Waals surface area contributed by atoms with Crippen molar-refractivity contribution < 1.29 is 0 Å². The molecule has 0 aliphatic rings. The molecule has 0 aliphatic carbocycles. The predicted octanol–water partition coefficient (Wildman–Crippen LogP) is 4.62. The maximum Gasteiger partial charge on any atom is -0.000732 e. The van der Waals surface area contributed by atoms with Crippen LogP contribution in [-0.4, -0.2) is 0 Å². The van der Waals surface area contributed by atoms with E-state index < -0.39 is 0 Å². The molecule has 0 aliphatic heterocycles. The van der Waals surface area contributed by atoms with Crippen molar-refractivity contribution in [3.05, 3.63) is 59.2 Å². The molecule has 0 saturated carbocycles. The van der Waals surface area contributed by atoms with Gasteiger partial charge in [0, 0.05) is 0 Å². The van der Waals surface area contributed by atoms with Gasteiger partial charge in [-0.25, -0.2) is 0 Å². The fourth-order valence-corrected chi connectivity index (χ4v) is 1.40. The fourth-order valence-electron chi connectivity index (χ4n) is 1.40. The molecule has 0 nitrogen and oxygen atoms in total. The van der Waals surface area contributed by atoms with Gasteiger partial charge in [-0.05, 0) is 32.3 Å². The molecule has 0 radical (unpaired) electrons. The minimum absolute atomic E-state index is 0.487. The van der Waals surface area contributed by atoms with Gasteiger partial charge >= 0.3 is 0 Å². The topological polar surface area (TPSA) is 0 Å². The number of benzene rings is 1.